The van der Waals surface area contributed by atoms with E-state index in [0.717, 1.165) is 17.1 Å². The molecule has 0 aliphatic rings. The number of thioether (sulfide) groups is 1. The first-order valence-corrected chi connectivity index (χ1v) is 9.12. The second-order valence-corrected chi connectivity index (χ2v) is 7.71. The van der Waals surface area contributed by atoms with Crippen molar-refractivity contribution in [3.8, 4) is 5.95 Å². The molecule has 0 aromatic carbocycles. The normalized spacial score (nSPS) is 12.5. The van der Waals surface area contributed by atoms with E-state index in [1.165, 1.54) is 0 Å². The summed E-state index contributed by atoms with van der Waals surface area (Å²) < 4.78 is 1.59. The number of anilines is 1. The van der Waals surface area contributed by atoms with Crippen LogP contribution in [-0.2, 0) is 4.79 Å². The number of rotatable bonds is 6. The number of aromatic nitrogens is 4. The fraction of sp³-hybridized carbons (Fsp3) is 0.529. The van der Waals surface area contributed by atoms with Gasteiger partial charge in [0.1, 0.15) is 5.82 Å². The van der Waals surface area contributed by atoms with Crippen molar-refractivity contribution < 1.29 is 4.79 Å². The van der Waals surface area contributed by atoms with Crippen LogP contribution in [0.4, 0.5) is 5.82 Å². The Hall–Kier alpha value is -1.89. The molecule has 1 unspecified atom stereocenters. The molecule has 0 spiro atoms. The molecule has 2 rings (SSSR count). The van der Waals surface area contributed by atoms with Crippen molar-refractivity contribution >= 4 is 23.5 Å². The highest BCUT2D eigenvalue weighted by atomic mass is 32.2. The molecular weight excluding hydrogens is 322 g/mol. The summed E-state index contributed by atoms with van der Waals surface area (Å²) in [7, 11) is 0. The predicted octanol–water partition coefficient (Wildman–Crippen LogP) is 3.30. The highest BCUT2D eigenvalue weighted by Gasteiger charge is 2.15. The Kier molecular flexibility index (Phi) is 5.99. The zero-order chi connectivity index (χ0) is 17.9. The van der Waals surface area contributed by atoms with E-state index in [2.05, 4.69) is 41.2 Å². The molecule has 0 aliphatic heterocycles. The molecule has 1 atom stereocenters. The third-order valence-electron chi connectivity index (χ3n) is 3.68. The van der Waals surface area contributed by atoms with Crippen molar-refractivity contribution in [2.24, 2.45) is 5.92 Å². The van der Waals surface area contributed by atoms with Gasteiger partial charge in [-0.15, -0.1) is 11.8 Å². The van der Waals surface area contributed by atoms with Gasteiger partial charge in [0.05, 0.1) is 11.4 Å². The summed E-state index contributed by atoms with van der Waals surface area (Å²) in [6, 6.07) is 3.73. The van der Waals surface area contributed by atoms with Crippen LogP contribution in [0.3, 0.4) is 0 Å². The fourth-order valence-electron chi connectivity index (χ4n) is 2.12. The van der Waals surface area contributed by atoms with Crippen molar-refractivity contribution in [3.05, 3.63) is 29.2 Å². The minimum absolute atomic E-state index is 0.0435. The third-order valence-corrected chi connectivity index (χ3v) is 5.17. The molecule has 0 saturated carbocycles. The van der Waals surface area contributed by atoms with Gasteiger partial charge < -0.3 is 5.32 Å². The lowest BCUT2D eigenvalue weighted by Gasteiger charge is -2.14. The van der Waals surface area contributed by atoms with Crippen LogP contribution in [0.5, 0.6) is 0 Å². The Morgan fingerprint density at radius 2 is 1.75 bits per heavy atom. The monoisotopic (exact) mass is 347 g/mol. The van der Waals surface area contributed by atoms with Gasteiger partial charge in [0.2, 0.25) is 5.91 Å². The summed E-state index contributed by atoms with van der Waals surface area (Å²) >= 11 is 1.65. The molecule has 0 saturated heterocycles. The summed E-state index contributed by atoms with van der Waals surface area (Å²) in [4.78, 5) is 21.1. The van der Waals surface area contributed by atoms with Crippen LogP contribution in [0.25, 0.3) is 5.95 Å². The average molecular weight is 347 g/mol. The molecule has 130 valence electrons. The molecule has 24 heavy (non-hydrogen) atoms. The molecular formula is C17H25N5OS. The number of nitrogens with one attached hydrogen (secondary N) is 1. The third kappa shape index (κ3) is 4.80. The topological polar surface area (TPSA) is 72.7 Å². The number of hydrogen-bond acceptors (Lipinski definition) is 5. The van der Waals surface area contributed by atoms with E-state index < -0.39 is 0 Å². The van der Waals surface area contributed by atoms with Crippen LogP contribution in [0.2, 0.25) is 0 Å². The van der Waals surface area contributed by atoms with Crippen LogP contribution in [0, 0.1) is 26.7 Å². The number of carbonyl (C=O) groups excluding carboxylic acids is 1. The second-order valence-electron chi connectivity index (χ2n) is 6.34. The Morgan fingerprint density at radius 1 is 1.12 bits per heavy atom. The first kappa shape index (κ1) is 18.4. The van der Waals surface area contributed by atoms with Crippen molar-refractivity contribution in [3.63, 3.8) is 0 Å². The van der Waals surface area contributed by atoms with Gasteiger partial charge in [-0.1, -0.05) is 20.8 Å². The lowest BCUT2D eigenvalue weighted by Crippen LogP contribution is -2.20. The van der Waals surface area contributed by atoms with Crippen molar-refractivity contribution in [1.29, 1.82) is 0 Å². The summed E-state index contributed by atoms with van der Waals surface area (Å²) in [6.45, 7) is 12.2. The predicted molar refractivity (Wildman–Crippen MR) is 98.8 cm³/mol. The first-order chi connectivity index (χ1) is 11.3. The van der Waals surface area contributed by atoms with Gasteiger partial charge in [0, 0.05) is 22.7 Å². The minimum Gasteiger partial charge on any atom is -0.310 e. The Labute approximate surface area is 147 Å². The zero-order valence-electron chi connectivity index (χ0n) is 15.1. The Bertz CT molecular complexity index is 706. The van der Waals surface area contributed by atoms with Gasteiger partial charge in [-0.2, -0.15) is 9.78 Å². The number of nitrogens with zero attached hydrogens (tertiary/aromatic N) is 4. The van der Waals surface area contributed by atoms with E-state index in [1.807, 2.05) is 32.9 Å². The molecule has 0 aliphatic carbocycles. The number of aryl methyl sites for hydroxylation is 3. The molecule has 2 aromatic rings. The molecule has 2 aromatic heterocycles. The molecule has 2 heterocycles. The molecule has 6 nitrogen and oxygen atoms in total. The zero-order valence-corrected chi connectivity index (χ0v) is 15.9. The van der Waals surface area contributed by atoms with Gasteiger partial charge in [-0.05, 0) is 32.8 Å². The largest absolute Gasteiger partial charge is 0.310 e. The number of amides is 1. The maximum Gasteiger partial charge on any atom is 0.252 e. The SMILES string of the molecule is Cc1cc(C)nc(-n2nc(C)cc2NC(=O)CSC(C)C(C)C)n1. The van der Waals surface area contributed by atoms with Gasteiger partial charge in [-0.3, -0.25) is 4.79 Å². The quantitative estimate of drug-likeness (QED) is 0.868. The number of hydrogen-bond donors (Lipinski definition) is 1. The minimum atomic E-state index is -0.0435. The van der Waals surface area contributed by atoms with Crippen LogP contribution >= 0.6 is 11.8 Å². The average Bonchev–Trinajstić information content (AvgIpc) is 2.84. The molecule has 7 heteroatoms. The highest BCUT2D eigenvalue weighted by Crippen LogP contribution is 2.20. The second kappa shape index (κ2) is 7.79. The first-order valence-electron chi connectivity index (χ1n) is 8.07. The van der Waals surface area contributed by atoms with E-state index in [9.17, 15) is 4.79 Å². The maximum absolute atomic E-state index is 12.3. The summed E-state index contributed by atoms with van der Waals surface area (Å²) in [5.74, 6) is 1.98. The van der Waals surface area contributed by atoms with Crippen molar-refractivity contribution in [1.82, 2.24) is 19.7 Å². The lowest BCUT2D eigenvalue weighted by molar-refractivity contribution is -0.113. The van der Waals surface area contributed by atoms with Gasteiger partial charge in [-0.25, -0.2) is 9.97 Å². The van der Waals surface area contributed by atoms with Crippen LogP contribution in [-0.4, -0.2) is 36.7 Å². The Morgan fingerprint density at radius 3 is 2.33 bits per heavy atom. The van der Waals surface area contributed by atoms with Crippen molar-refractivity contribution in [2.45, 2.75) is 46.8 Å². The maximum atomic E-state index is 12.3. The summed E-state index contributed by atoms with van der Waals surface area (Å²) in [6.07, 6.45) is 0. The molecule has 0 fully saturated rings. The van der Waals surface area contributed by atoms with Gasteiger partial charge in [0.25, 0.3) is 5.95 Å². The smallest absolute Gasteiger partial charge is 0.252 e. The van der Waals surface area contributed by atoms with E-state index >= 15 is 0 Å². The van der Waals surface area contributed by atoms with E-state index in [-0.39, 0.29) is 5.91 Å². The Balaban J connectivity index is 2.15. The standard InChI is InChI=1S/C17H25N5OS/c1-10(2)14(6)24-9-16(23)20-15-8-13(5)21-22(15)17-18-11(3)7-12(4)19-17/h7-8,10,14H,9H2,1-6H3,(H,20,23). The van der Waals surface area contributed by atoms with Gasteiger partial charge >= 0.3 is 0 Å². The fourth-order valence-corrected chi connectivity index (χ4v) is 2.99. The van der Waals surface area contributed by atoms with Crippen LogP contribution in [0.15, 0.2) is 12.1 Å². The molecule has 0 radical (unpaired) electrons. The lowest BCUT2D eigenvalue weighted by atomic mass is 10.2. The van der Waals surface area contributed by atoms with Crippen LogP contribution < -0.4 is 5.32 Å². The van der Waals surface area contributed by atoms with Gasteiger partial charge in [0.15, 0.2) is 0 Å². The van der Waals surface area contributed by atoms with E-state index in [1.54, 1.807) is 16.4 Å². The summed E-state index contributed by atoms with van der Waals surface area (Å²) in [5.41, 5.74) is 2.53. The summed E-state index contributed by atoms with van der Waals surface area (Å²) in [5, 5.41) is 7.77. The number of carbonyl (C=O) groups is 1. The van der Waals surface area contributed by atoms with Crippen molar-refractivity contribution in [2.75, 3.05) is 11.1 Å². The molecule has 1 amide bonds. The van der Waals surface area contributed by atoms with E-state index in [0.29, 0.717) is 28.7 Å². The van der Waals surface area contributed by atoms with E-state index in [4.69, 9.17) is 0 Å². The highest BCUT2D eigenvalue weighted by molar-refractivity contribution is 8.00. The van der Waals surface area contributed by atoms with Crippen LogP contribution in [0.1, 0.15) is 37.9 Å². The molecule has 1 N–H and O–H groups in total. The molecule has 0 bridgehead atoms.